The Morgan fingerprint density at radius 2 is 1.90 bits per heavy atom. The van der Waals surface area contributed by atoms with Gasteiger partial charge < -0.3 is 5.32 Å². The highest BCUT2D eigenvalue weighted by Gasteiger charge is 2.36. The molecule has 29 heavy (non-hydrogen) atoms. The Bertz CT molecular complexity index is 1030. The van der Waals surface area contributed by atoms with Gasteiger partial charge in [-0.1, -0.05) is 31.4 Å². The number of alkyl halides is 3. The molecule has 1 N–H and O–H groups in total. The van der Waals surface area contributed by atoms with Gasteiger partial charge in [-0.15, -0.1) is 0 Å². The Morgan fingerprint density at radius 1 is 1.24 bits per heavy atom. The van der Waals surface area contributed by atoms with Gasteiger partial charge in [-0.25, -0.2) is 4.68 Å². The van der Waals surface area contributed by atoms with Gasteiger partial charge in [-0.05, 0) is 31.9 Å². The number of benzene rings is 1. The van der Waals surface area contributed by atoms with Crippen LogP contribution in [0.25, 0.3) is 5.69 Å². The van der Waals surface area contributed by atoms with Gasteiger partial charge in [-0.2, -0.15) is 23.5 Å². The molecular formula is C20H19F3N4O2. The largest absolute Gasteiger partial charge is 0.418 e. The second-order valence-electron chi connectivity index (χ2n) is 7.13. The topological polar surface area (TPSA) is 87.8 Å². The lowest BCUT2D eigenvalue weighted by molar-refractivity contribution is -0.137. The van der Waals surface area contributed by atoms with Crippen LogP contribution in [0, 0.1) is 18.3 Å². The normalized spacial score (nSPS) is 16.1. The van der Waals surface area contributed by atoms with Crippen molar-refractivity contribution >= 4 is 5.91 Å². The van der Waals surface area contributed by atoms with E-state index in [-0.39, 0.29) is 11.4 Å². The molecule has 1 saturated carbocycles. The molecular weight excluding hydrogens is 385 g/mol. The average molecular weight is 404 g/mol. The van der Waals surface area contributed by atoms with Gasteiger partial charge in [0.2, 0.25) is 5.43 Å². The minimum Gasteiger partial charge on any atom is -0.332 e. The first kappa shape index (κ1) is 20.6. The zero-order valence-corrected chi connectivity index (χ0v) is 15.7. The summed E-state index contributed by atoms with van der Waals surface area (Å²) in [5.74, 6) is -0.864. The Hall–Kier alpha value is -3.15. The summed E-state index contributed by atoms with van der Waals surface area (Å²) in [4.78, 5) is 25.1. The van der Waals surface area contributed by atoms with Crippen molar-refractivity contribution in [3.63, 3.8) is 0 Å². The predicted molar refractivity (Wildman–Crippen MR) is 98.5 cm³/mol. The molecule has 152 valence electrons. The van der Waals surface area contributed by atoms with E-state index >= 15 is 0 Å². The number of aryl methyl sites for hydroxylation is 1. The SMILES string of the molecule is Cc1cc(=O)c(C(=O)NC2(C#N)CCCCC2)nn1-c1ccccc1C(F)(F)F. The second-order valence-corrected chi connectivity index (χ2v) is 7.13. The van der Waals surface area contributed by atoms with Gasteiger partial charge in [0, 0.05) is 11.8 Å². The maximum atomic E-state index is 13.4. The van der Waals surface area contributed by atoms with E-state index in [2.05, 4.69) is 16.5 Å². The molecule has 2 aromatic rings. The van der Waals surface area contributed by atoms with E-state index in [1.54, 1.807) is 0 Å². The quantitative estimate of drug-likeness (QED) is 0.848. The number of nitriles is 1. The van der Waals surface area contributed by atoms with Crippen LogP contribution in [0.1, 0.15) is 53.8 Å². The molecule has 3 rings (SSSR count). The van der Waals surface area contributed by atoms with E-state index < -0.39 is 34.3 Å². The van der Waals surface area contributed by atoms with Crippen molar-refractivity contribution in [2.45, 2.75) is 50.7 Å². The first-order valence-corrected chi connectivity index (χ1v) is 9.18. The molecule has 0 bridgehead atoms. The summed E-state index contributed by atoms with van der Waals surface area (Å²) in [5, 5.41) is 16.0. The molecule has 0 unspecified atom stereocenters. The maximum absolute atomic E-state index is 13.4. The van der Waals surface area contributed by atoms with Crippen molar-refractivity contribution < 1.29 is 18.0 Å². The van der Waals surface area contributed by atoms with E-state index in [0.29, 0.717) is 12.8 Å². The lowest BCUT2D eigenvalue weighted by Crippen LogP contribution is -2.50. The second kappa shape index (κ2) is 7.70. The van der Waals surface area contributed by atoms with Crippen LogP contribution in [0.15, 0.2) is 35.1 Å². The Kier molecular flexibility index (Phi) is 5.46. The van der Waals surface area contributed by atoms with Crippen molar-refractivity contribution in [2.24, 2.45) is 0 Å². The minimum absolute atomic E-state index is 0.149. The van der Waals surface area contributed by atoms with Crippen molar-refractivity contribution in [1.82, 2.24) is 15.1 Å². The Balaban J connectivity index is 2.05. The highest BCUT2D eigenvalue weighted by atomic mass is 19.4. The van der Waals surface area contributed by atoms with Gasteiger partial charge in [-0.3, -0.25) is 9.59 Å². The summed E-state index contributed by atoms with van der Waals surface area (Å²) in [7, 11) is 0. The molecule has 1 fully saturated rings. The molecule has 1 aliphatic rings. The van der Waals surface area contributed by atoms with Crippen LogP contribution >= 0.6 is 0 Å². The molecule has 0 atom stereocenters. The lowest BCUT2D eigenvalue weighted by atomic mass is 9.83. The standard InChI is InChI=1S/C20H19F3N4O2/c1-13-11-16(28)17(18(29)25-19(12-24)9-5-2-6-10-19)26-27(13)15-8-4-3-7-14(15)20(21,22)23/h3-4,7-8,11H,2,5-6,9-10H2,1H3,(H,25,29). The molecule has 1 aliphatic carbocycles. The fourth-order valence-corrected chi connectivity index (χ4v) is 3.54. The molecule has 1 heterocycles. The minimum atomic E-state index is -4.64. The lowest BCUT2D eigenvalue weighted by Gasteiger charge is -2.31. The van der Waals surface area contributed by atoms with Crippen molar-refractivity contribution in [3.05, 3.63) is 57.5 Å². The maximum Gasteiger partial charge on any atom is 0.418 e. The third kappa shape index (κ3) is 4.16. The van der Waals surface area contributed by atoms with Crippen molar-refractivity contribution in [3.8, 4) is 11.8 Å². The number of para-hydroxylation sites is 1. The summed E-state index contributed by atoms with van der Waals surface area (Å²) >= 11 is 0. The van der Waals surface area contributed by atoms with Crippen LogP contribution in [0.4, 0.5) is 13.2 Å². The molecule has 0 radical (unpaired) electrons. The summed E-state index contributed by atoms with van der Waals surface area (Å²) in [6.45, 7) is 1.43. The van der Waals surface area contributed by atoms with Gasteiger partial charge >= 0.3 is 6.18 Å². The van der Waals surface area contributed by atoms with E-state index in [0.717, 1.165) is 36.1 Å². The smallest absolute Gasteiger partial charge is 0.332 e. The monoisotopic (exact) mass is 404 g/mol. The first-order valence-electron chi connectivity index (χ1n) is 9.18. The predicted octanol–water partition coefficient (Wildman–Crippen LogP) is 3.52. The van der Waals surface area contributed by atoms with Crippen LogP contribution in [0.2, 0.25) is 0 Å². The van der Waals surface area contributed by atoms with Crippen LogP contribution in [0.3, 0.4) is 0 Å². The average Bonchev–Trinajstić information content (AvgIpc) is 2.68. The molecule has 1 amide bonds. The molecule has 1 aromatic heterocycles. The van der Waals surface area contributed by atoms with Gasteiger partial charge in [0.25, 0.3) is 5.91 Å². The molecule has 6 nitrogen and oxygen atoms in total. The zero-order chi connectivity index (χ0) is 21.2. The van der Waals surface area contributed by atoms with Gasteiger partial charge in [0.15, 0.2) is 5.69 Å². The Morgan fingerprint density at radius 3 is 2.52 bits per heavy atom. The number of carbonyl (C=O) groups is 1. The zero-order valence-electron chi connectivity index (χ0n) is 15.7. The molecule has 1 aromatic carbocycles. The highest BCUT2D eigenvalue weighted by Crippen LogP contribution is 2.33. The fraction of sp³-hybridized carbons (Fsp3) is 0.400. The Labute approximate surface area is 165 Å². The molecule has 0 aliphatic heterocycles. The number of nitrogens with zero attached hydrogens (tertiary/aromatic N) is 3. The number of carbonyl (C=O) groups excluding carboxylic acids is 1. The number of rotatable bonds is 3. The number of hydrogen-bond acceptors (Lipinski definition) is 4. The van der Waals surface area contributed by atoms with E-state index in [4.69, 9.17) is 0 Å². The number of halogens is 3. The number of amides is 1. The van der Waals surface area contributed by atoms with E-state index in [1.165, 1.54) is 25.1 Å². The van der Waals surface area contributed by atoms with Crippen molar-refractivity contribution in [2.75, 3.05) is 0 Å². The number of hydrogen-bond donors (Lipinski definition) is 1. The van der Waals surface area contributed by atoms with E-state index in [1.807, 2.05) is 0 Å². The van der Waals surface area contributed by atoms with Gasteiger partial charge in [0.05, 0.1) is 17.3 Å². The van der Waals surface area contributed by atoms with Crippen LogP contribution < -0.4 is 10.7 Å². The molecule has 0 spiro atoms. The molecule has 9 heteroatoms. The van der Waals surface area contributed by atoms with Crippen LogP contribution in [-0.2, 0) is 6.18 Å². The van der Waals surface area contributed by atoms with Crippen molar-refractivity contribution in [1.29, 1.82) is 5.26 Å². The third-order valence-electron chi connectivity index (χ3n) is 5.03. The molecule has 0 saturated heterocycles. The fourth-order valence-electron chi connectivity index (χ4n) is 3.54. The summed E-state index contributed by atoms with van der Waals surface area (Å²) in [6.07, 6.45) is -1.26. The summed E-state index contributed by atoms with van der Waals surface area (Å²) < 4.78 is 41.1. The van der Waals surface area contributed by atoms with E-state index in [9.17, 15) is 28.0 Å². The van der Waals surface area contributed by atoms with Gasteiger partial charge in [0.1, 0.15) is 5.54 Å². The summed E-state index contributed by atoms with van der Waals surface area (Å²) in [6, 6.07) is 7.95. The first-order chi connectivity index (χ1) is 13.7. The van der Waals surface area contributed by atoms with Crippen LogP contribution in [-0.4, -0.2) is 21.2 Å². The number of aromatic nitrogens is 2. The third-order valence-corrected chi connectivity index (χ3v) is 5.03. The summed E-state index contributed by atoms with van der Waals surface area (Å²) in [5.41, 5.74) is -3.44. The number of nitrogens with one attached hydrogen (secondary N) is 1. The highest BCUT2D eigenvalue weighted by molar-refractivity contribution is 5.92. The van der Waals surface area contributed by atoms with Crippen LogP contribution in [0.5, 0.6) is 0 Å².